The lowest BCUT2D eigenvalue weighted by Gasteiger charge is -2.27. The summed E-state index contributed by atoms with van der Waals surface area (Å²) in [6.07, 6.45) is 70.6. The van der Waals surface area contributed by atoms with Crippen LogP contribution in [-0.4, -0.2) is 74.3 Å². The molecule has 76 heavy (non-hydrogen) atoms. The molecule has 0 aromatic rings. The Morgan fingerprint density at radius 2 is 0.803 bits per heavy atom. The van der Waals surface area contributed by atoms with Gasteiger partial charge in [-0.2, -0.15) is 0 Å². The van der Waals surface area contributed by atoms with Crippen molar-refractivity contribution in [2.24, 2.45) is 0 Å². The third kappa shape index (κ3) is 56.4. The van der Waals surface area contributed by atoms with Crippen LogP contribution in [0.25, 0.3) is 0 Å². The van der Waals surface area contributed by atoms with Gasteiger partial charge >= 0.3 is 13.8 Å². The van der Waals surface area contributed by atoms with Crippen LogP contribution in [0.1, 0.15) is 297 Å². The van der Waals surface area contributed by atoms with Gasteiger partial charge in [0.25, 0.3) is 0 Å². The van der Waals surface area contributed by atoms with E-state index in [9.17, 15) is 19.0 Å². The molecule has 0 aromatic carbocycles. The maximum Gasteiger partial charge on any atom is 0.472 e. The second-order valence-electron chi connectivity index (χ2n) is 22.9. The quantitative estimate of drug-likeness (QED) is 0.0205. The number of ether oxygens (including phenoxy) is 1. The highest BCUT2D eigenvalue weighted by molar-refractivity contribution is 7.47. The first-order valence-corrected chi connectivity index (χ1v) is 33.6. The van der Waals surface area contributed by atoms with Crippen molar-refractivity contribution in [3.63, 3.8) is 0 Å². The number of quaternary nitrogens is 1. The molecule has 0 rings (SSSR count). The number of hydrogen-bond acceptors (Lipinski definition) is 6. The van der Waals surface area contributed by atoms with E-state index in [4.69, 9.17) is 13.8 Å². The number of unbranched alkanes of at least 4 members (excludes halogenated alkanes) is 34. The van der Waals surface area contributed by atoms with Gasteiger partial charge in [0.15, 0.2) is 0 Å². The molecule has 9 nitrogen and oxygen atoms in total. The van der Waals surface area contributed by atoms with Crippen LogP contribution >= 0.6 is 7.82 Å². The lowest BCUT2D eigenvalue weighted by molar-refractivity contribution is -0.870. The smallest absolute Gasteiger partial charge is 0.456 e. The number of esters is 1. The van der Waals surface area contributed by atoms with Gasteiger partial charge in [-0.3, -0.25) is 18.6 Å². The molecule has 0 aliphatic carbocycles. The van der Waals surface area contributed by atoms with Gasteiger partial charge < -0.3 is 19.4 Å². The molecule has 1 amide bonds. The molecule has 0 fully saturated rings. The second kappa shape index (κ2) is 56.0. The second-order valence-corrected chi connectivity index (χ2v) is 24.4. The third-order valence-electron chi connectivity index (χ3n) is 14.2. The zero-order chi connectivity index (χ0) is 55.7. The molecule has 0 saturated heterocycles. The molecule has 0 saturated carbocycles. The summed E-state index contributed by atoms with van der Waals surface area (Å²) in [5.74, 6) is -0.516. The highest BCUT2D eigenvalue weighted by Gasteiger charge is 2.30. The molecule has 10 heteroatoms. The third-order valence-corrected chi connectivity index (χ3v) is 15.2. The van der Waals surface area contributed by atoms with Crippen LogP contribution in [0.2, 0.25) is 0 Å². The number of nitrogens with one attached hydrogen (secondary N) is 1. The Labute approximate surface area is 471 Å². The summed E-state index contributed by atoms with van der Waals surface area (Å²) in [7, 11) is 1.49. The van der Waals surface area contributed by atoms with Gasteiger partial charge in [-0.15, -0.1) is 0 Å². The number of phosphoric acid groups is 1. The first kappa shape index (κ1) is 73.7. The molecule has 0 bridgehead atoms. The van der Waals surface area contributed by atoms with Crippen molar-refractivity contribution in [1.29, 1.82) is 0 Å². The number of rotatable bonds is 58. The molecule has 3 unspecified atom stereocenters. The normalized spacial score (nSPS) is 14.0. The molecule has 0 heterocycles. The molecule has 444 valence electrons. The van der Waals surface area contributed by atoms with Gasteiger partial charge in [0.1, 0.15) is 19.3 Å². The fourth-order valence-electron chi connectivity index (χ4n) is 9.22. The lowest BCUT2D eigenvalue weighted by atomic mass is 10.0. The van der Waals surface area contributed by atoms with Gasteiger partial charge in [0.2, 0.25) is 5.91 Å². The van der Waals surface area contributed by atoms with E-state index in [1.807, 2.05) is 33.3 Å². The number of carbonyl (C=O) groups is 2. The van der Waals surface area contributed by atoms with E-state index in [0.29, 0.717) is 17.4 Å². The number of carbonyl (C=O) groups excluding carboxylic acids is 2. The molecular formula is C66H124N2O7P+. The number of amides is 1. The minimum atomic E-state index is -4.45. The Hall–Kier alpha value is -2.29. The molecule has 3 atom stereocenters. The van der Waals surface area contributed by atoms with Crippen molar-refractivity contribution < 1.29 is 37.3 Å². The first-order chi connectivity index (χ1) is 36.9. The van der Waals surface area contributed by atoms with Crippen molar-refractivity contribution in [2.45, 2.75) is 309 Å². The SMILES string of the molecule is CCCCC/C=C\C/C=C\C/C=C\C/C=C\CCCCCCCC(=O)OC(/C=C/CCCCCCCCCCCCC)C(COP(=O)(O)OCC[N+](C)(C)C)NC(=O)CCCCCCCCCCCCCCCCCC. The van der Waals surface area contributed by atoms with Crippen LogP contribution in [-0.2, 0) is 27.9 Å². The largest absolute Gasteiger partial charge is 0.472 e. The minimum absolute atomic E-state index is 0.0371. The first-order valence-electron chi connectivity index (χ1n) is 32.1. The van der Waals surface area contributed by atoms with E-state index in [1.54, 1.807) is 0 Å². The molecule has 0 aliphatic heterocycles. The van der Waals surface area contributed by atoms with E-state index >= 15 is 0 Å². The van der Waals surface area contributed by atoms with Gasteiger partial charge in [-0.25, -0.2) is 4.57 Å². The summed E-state index contributed by atoms with van der Waals surface area (Å²) >= 11 is 0. The Morgan fingerprint density at radius 1 is 0.461 bits per heavy atom. The molecule has 0 aromatic heterocycles. The van der Waals surface area contributed by atoms with Crippen molar-refractivity contribution in [3.8, 4) is 0 Å². The number of allylic oxidation sites excluding steroid dienone is 9. The average Bonchev–Trinajstić information content (AvgIpc) is 3.38. The molecule has 2 N–H and O–H groups in total. The number of likely N-dealkylation sites (N-methyl/N-ethyl adjacent to an activating group) is 1. The summed E-state index contributed by atoms with van der Waals surface area (Å²) < 4.78 is 30.7. The maximum absolute atomic E-state index is 13.6. The van der Waals surface area contributed by atoms with Crippen LogP contribution in [0.3, 0.4) is 0 Å². The average molecular weight is 1090 g/mol. The van der Waals surface area contributed by atoms with Crippen molar-refractivity contribution in [1.82, 2.24) is 5.32 Å². The Balaban J connectivity index is 5.28. The highest BCUT2D eigenvalue weighted by Crippen LogP contribution is 2.43. The van der Waals surface area contributed by atoms with E-state index in [1.165, 1.54) is 167 Å². The van der Waals surface area contributed by atoms with Crippen molar-refractivity contribution in [3.05, 3.63) is 60.8 Å². The topological polar surface area (TPSA) is 111 Å². The fourth-order valence-corrected chi connectivity index (χ4v) is 9.95. The van der Waals surface area contributed by atoms with Crippen molar-refractivity contribution in [2.75, 3.05) is 40.9 Å². The standard InChI is InChI=1S/C66H123N2O7P/c1-7-10-13-16-19-22-25-28-30-32-33-34-35-36-38-41-44-47-50-53-56-59-66(70)75-64(57-54-51-48-45-42-39-27-24-21-18-15-12-9-3)63(62-74-76(71,72)73-61-60-68(4,5)6)67-65(69)58-55-52-49-46-43-40-37-31-29-26-23-20-17-14-11-8-2/h19,22,28,30,33-34,36,38,54,57,63-64H,7-18,20-21,23-27,29,31-32,35,37,39-53,55-56,58-62H2,1-6H3,(H-,67,69,71,72)/p+1/b22-19-,30-28-,34-33-,38-36-,57-54+. The van der Waals surface area contributed by atoms with Crippen LogP contribution < -0.4 is 5.32 Å². The molecule has 0 aliphatic rings. The van der Waals surface area contributed by atoms with Gasteiger partial charge in [0, 0.05) is 12.8 Å². The van der Waals surface area contributed by atoms with Crippen LogP contribution in [0.5, 0.6) is 0 Å². The maximum atomic E-state index is 13.6. The van der Waals surface area contributed by atoms with Crippen LogP contribution in [0, 0.1) is 0 Å². The summed E-state index contributed by atoms with van der Waals surface area (Å²) in [5.41, 5.74) is 0. The number of phosphoric ester groups is 1. The van der Waals surface area contributed by atoms with Crippen LogP contribution in [0.15, 0.2) is 60.8 Å². The van der Waals surface area contributed by atoms with Gasteiger partial charge in [-0.05, 0) is 76.7 Å². The summed E-state index contributed by atoms with van der Waals surface area (Å²) in [5, 5.41) is 3.06. The number of hydrogen-bond donors (Lipinski definition) is 2. The Kier molecular flexibility index (Phi) is 54.3. The van der Waals surface area contributed by atoms with E-state index in [0.717, 1.165) is 96.3 Å². The molecule has 0 radical (unpaired) electrons. The van der Waals surface area contributed by atoms with E-state index in [2.05, 4.69) is 74.7 Å². The zero-order valence-corrected chi connectivity index (χ0v) is 51.6. The van der Waals surface area contributed by atoms with Gasteiger partial charge in [0.05, 0.1) is 33.8 Å². The van der Waals surface area contributed by atoms with Crippen molar-refractivity contribution >= 4 is 19.7 Å². The van der Waals surface area contributed by atoms with Gasteiger partial charge in [-0.1, -0.05) is 268 Å². The Bertz CT molecular complexity index is 1490. The minimum Gasteiger partial charge on any atom is -0.456 e. The summed E-state index contributed by atoms with van der Waals surface area (Å²) in [6.45, 7) is 7.00. The molecular weight excluding hydrogens is 964 g/mol. The summed E-state index contributed by atoms with van der Waals surface area (Å²) in [4.78, 5) is 37.8. The van der Waals surface area contributed by atoms with Crippen LogP contribution in [0.4, 0.5) is 0 Å². The monoisotopic (exact) mass is 1090 g/mol. The zero-order valence-electron chi connectivity index (χ0n) is 50.7. The molecule has 0 spiro atoms. The number of nitrogens with zero attached hydrogens (tertiary/aromatic N) is 1. The van der Waals surface area contributed by atoms with E-state index < -0.39 is 20.0 Å². The fraction of sp³-hybridized carbons (Fsp3) is 0.818. The highest BCUT2D eigenvalue weighted by atomic mass is 31.2. The predicted molar refractivity (Wildman–Crippen MR) is 328 cm³/mol. The van der Waals surface area contributed by atoms with E-state index in [-0.39, 0.29) is 31.5 Å². The Morgan fingerprint density at radius 3 is 1.22 bits per heavy atom. The predicted octanol–water partition coefficient (Wildman–Crippen LogP) is 19.8. The lowest BCUT2D eigenvalue weighted by Crippen LogP contribution is -2.47. The summed E-state index contributed by atoms with van der Waals surface area (Å²) in [6, 6.07) is -0.855.